The van der Waals surface area contributed by atoms with Gasteiger partial charge < -0.3 is 10.4 Å². The Labute approximate surface area is 116 Å². The van der Waals surface area contributed by atoms with Crippen molar-refractivity contribution in [2.24, 2.45) is 5.92 Å². The highest BCUT2D eigenvalue weighted by molar-refractivity contribution is 9.10. The summed E-state index contributed by atoms with van der Waals surface area (Å²) in [6, 6.07) is 5.80. The zero-order chi connectivity index (χ0) is 13.1. The summed E-state index contributed by atoms with van der Waals surface area (Å²) in [6.07, 6.45) is 3.03. The largest absolute Gasteiger partial charge is 0.396 e. The third-order valence-corrected chi connectivity index (χ3v) is 4.24. The van der Waals surface area contributed by atoms with Crippen molar-refractivity contribution in [3.8, 4) is 0 Å². The van der Waals surface area contributed by atoms with Gasteiger partial charge in [-0.3, -0.25) is 4.79 Å². The van der Waals surface area contributed by atoms with Crippen molar-refractivity contribution in [1.82, 2.24) is 5.32 Å². The van der Waals surface area contributed by atoms with E-state index in [9.17, 15) is 9.90 Å². The molecule has 0 heterocycles. The predicted molar refractivity (Wildman–Crippen MR) is 74.6 cm³/mol. The number of amides is 1. The first-order valence-corrected chi connectivity index (χ1v) is 7.09. The summed E-state index contributed by atoms with van der Waals surface area (Å²) in [4.78, 5) is 12.2. The normalized spacial score (nSPS) is 23.1. The van der Waals surface area contributed by atoms with Crippen molar-refractivity contribution >= 4 is 21.8 Å². The molecule has 1 aliphatic carbocycles. The number of nitrogens with one attached hydrogen (secondary N) is 1. The van der Waals surface area contributed by atoms with Gasteiger partial charge in [0.1, 0.15) is 0 Å². The predicted octanol–water partition coefficient (Wildman–Crippen LogP) is 2.65. The van der Waals surface area contributed by atoms with Crippen molar-refractivity contribution in [2.75, 3.05) is 6.61 Å². The molecule has 0 spiro atoms. The maximum atomic E-state index is 12.2. The summed E-state index contributed by atoms with van der Waals surface area (Å²) in [5.74, 6) is 0.144. The fourth-order valence-corrected chi connectivity index (χ4v) is 3.17. The van der Waals surface area contributed by atoms with Gasteiger partial charge in [-0.15, -0.1) is 0 Å². The van der Waals surface area contributed by atoms with Crippen molar-refractivity contribution in [2.45, 2.75) is 32.2 Å². The monoisotopic (exact) mass is 311 g/mol. The SMILES string of the molecule is Cc1ccc(C(=O)NC2CCCC2CO)c(Br)c1. The summed E-state index contributed by atoms with van der Waals surface area (Å²) in [5.41, 5.74) is 1.77. The first-order valence-electron chi connectivity index (χ1n) is 6.29. The van der Waals surface area contributed by atoms with Gasteiger partial charge in [-0.1, -0.05) is 12.5 Å². The minimum Gasteiger partial charge on any atom is -0.396 e. The maximum Gasteiger partial charge on any atom is 0.252 e. The van der Waals surface area contributed by atoms with Gasteiger partial charge >= 0.3 is 0 Å². The Bertz CT molecular complexity index is 447. The highest BCUT2D eigenvalue weighted by atomic mass is 79.9. The number of aliphatic hydroxyl groups is 1. The Balaban J connectivity index is 2.07. The molecule has 2 N–H and O–H groups in total. The number of halogens is 1. The third-order valence-electron chi connectivity index (χ3n) is 3.58. The topological polar surface area (TPSA) is 49.3 Å². The summed E-state index contributed by atoms with van der Waals surface area (Å²) in [5, 5.41) is 12.3. The van der Waals surface area contributed by atoms with Crippen LogP contribution in [0.15, 0.2) is 22.7 Å². The minimum atomic E-state index is -0.0628. The average Bonchev–Trinajstić information content (AvgIpc) is 2.76. The van der Waals surface area contributed by atoms with Gasteiger partial charge in [0.25, 0.3) is 5.91 Å². The first-order chi connectivity index (χ1) is 8.61. The number of rotatable bonds is 3. The van der Waals surface area contributed by atoms with E-state index in [1.807, 2.05) is 25.1 Å². The third kappa shape index (κ3) is 2.93. The molecular weight excluding hydrogens is 294 g/mol. The quantitative estimate of drug-likeness (QED) is 0.901. The smallest absolute Gasteiger partial charge is 0.252 e. The highest BCUT2D eigenvalue weighted by Crippen LogP contribution is 2.26. The second-order valence-electron chi connectivity index (χ2n) is 4.94. The van der Waals surface area contributed by atoms with E-state index in [0.717, 1.165) is 29.3 Å². The molecule has 2 atom stereocenters. The van der Waals surface area contributed by atoms with Crippen LogP contribution in [-0.4, -0.2) is 23.7 Å². The average molecular weight is 312 g/mol. The lowest BCUT2D eigenvalue weighted by molar-refractivity contribution is 0.0915. The van der Waals surface area contributed by atoms with E-state index in [-0.39, 0.29) is 24.5 Å². The Hall–Kier alpha value is -0.870. The van der Waals surface area contributed by atoms with Gasteiger partial charge in [0, 0.05) is 23.0 Å². The first kappa shape index (κ1) is 13.6. The van der Waals surface area contributed by atoms with Crippen LogP contribution in [0.1, 0.15) is 35.2 Å². The molecule has 98 valence electrons. The summed E-state index contributed by atoms with van der Waals surface area (Å²) in [6.45, 7) is 2.14. The zero-order valence-electron chi connectivity index (χ0n) is 10.4. The van der Waals surface area contributed by atoms with E-state index in [1.165, 1.54) is 0 Å². The standard InChI is InChI=1S/C14H18BrNO2/c1-9-5-6-11(12(15)7-9)14(18)16-13-4-2-3-10(13)8-17/h5-7,10,13,17H,2-4,8H2,1H3,(H,16,18). The van der Waals surface area contributed by atoms with Crippen LogP contribution in [0.3, 0.4) is 0 Å². The maximum absolute atomic E-state index is 12.2. The Morgan fingerprint density at radius 2 is 2.28 bits per heavy atom. The van der Waals surface area contributed by atoms with Crippen LogP contribution in [0, 0.1) is 12.8 Å². The molecule has 1 aromatic rings. The van der Waals surface area contributed by atoms with E-state index in [2.05, 4.69) is 21.2 Å². The molecule has 1 fully saturated rings. The molecule has 0 saturated heterocycles. The van der Waals surface area contributed by atoms with Crippen molar-refractivity contribution in [3.63, 3.8) is 0 Å². The highest BCUT2D eigenvalue weighted by Gasteiger charge is 2.28. The molecular formula is C14H18BrNO2. The fraction of sp³-hybridized carbons (Fsp3) is 0.500. The Morgan fingerprint density at radius 1 is 1.50 bits per heavy atom. The number of aliphatic hydroxyl groups excluding tert-OH is 1. The molecule has 0 aromatic heterocycles. The zero-order valence-corrected chi connectivity index (χ0v) is 12.0. The van der Waals surface area contributed by atoms with Crippen LogP contribution in [0.4, 0.5) is 0 Å². The van der Waals surface area contributed by atoms with E-state index in [4.69, 9.17) is 0 Å². The van der Waals surface area contributed by atoms with Gasteiger partial charge in [-0.25, -0.2) is 0 Å². The summed E-state index contributed by atoms with van der Waals surface area (Å²) in [7, 11) is 0. The molecule has 0 bridgehead atoms. The van der Waals surface area contributed by atoms with Crippen LogP contribution >= 0.6 is 15.9 Å². The molecule has 1 aliphatic rings. The second-order valence-corrected chi connectivity index (χ2v) is 5.79. The number of benzene rings is 1. The van der Waals surface area contributed by atoms with Gasteiger partial charge in [0.2, 0.25) is 0 Å². The van der Waals surface area contributed by atoms with Gasteiger partial charge in [-0.05, 0) is 53.4 Å². The lowest BCUT2D eigenvalue weighted by Gasteiger charge is -2.19. The van der Waals surface area contributed by atoms with Crippen LogP contribution < -0.4 is 5.32 Å². The number of carbonyl (C=O) groups is 1. The van der Waals surface area contributed by atoms with Crippen molar-refractivity contribution in [1.29, 1.82) is 0 Å². The van der Waals surface area contributed by atoms with E-state index in [1.54, 1.807) is 0 Å². The van der Waals surface area contributed by atoms with E-state index in [0.29, 0.717) is 5.56 Å². The summed E-state index contributed by atoms with van der Waals surface area (Å²) < 4.78 is 0.818. The minimum absolute atomic E-state index is 0.0628. The molecule has 4 heteroatoms. The lowest BCUT2D eigenvalue weighted by atomic mass is 10.0. The van der Waals surface area contributed by atoms with Crippen molar-refractivity contribution in [3.05, 3.63) is 33.8 Å². The Morgan fingerprint density at radius 3 is 2.94 bits per heavy atom. The van der Waals surface area contributed by atoms with Gasteiger partial charge in [0.15, 0.2) is 0 Å². The second kappa shape index (κ2) is 5.85. The molecule has 1 aromatic carbocycles. The number of aryl methyl sites for hydroxylation is 1. The van der Waals surface area contributed by atoms with Crippen LogP contribution in [0.5, 0.6) is 0 Å². The van der Waals surface area contributed by atoms with E-state index < -0.39 is 0 Å². The molecule has 0 radical (unpaired) electrons. The molecule has 1 amide bonds. The van der Waals surface area contributed by atoms with Gasteiger partial charge in [-0.2, -0.15) is 0 Å². The van der Waals surface area contributed by atoms with Gasteiger partial charge in [0.05, 0.1) is 5.56 Å². The number of hydrogen-bond acceptors (Lipinski definition) is 2. The van der Waals surface area contributed by atoms with E-state index >= 15 is 0 Å². The lowest BCUT2D eigenvalue weighted by Crippen LogP contribution is -2.38. The van der Waals surface area contributed by atoms with Crippen LogP contribution in [-0.2, 0) is 0 Å². The molecule has 3 nitrogen and oxygen atoms in total. The van der Waals surface area contributed by atoms with Crippen LogP contribution in [0.25, 0.3) is 0 Å². The van der Waals surface area contributed by atoms with Crippen LogP contribution in [0.2, 0.25) is 0 Å². The fourth-order valence-electron chi connectivity index (χ4n) is 2.50. The Kier molecular flexibility index (Phi) is 4.40. The molecule has 2 rings (SSSR count). The molecule has 0 aliphatic heterocycles. The molecule has 1 saturated carbocycles. The molecule has 2 unspecified atom stereocenters. The number of hydrogen-bond donors (Lipinski definition) is 2. The van der Waals surface area contributed by atoms with Crippen molar-refractivity contribution < 1.29 is 9.90 Å². The summed E-state index contributed by atoms with van der Waals surface area (Å²) >= 11 is 3.42. The number of carbonyl (C=O) groups excluding carboxylic acids is 1. The molecule has 18 heavy (non-hydrogen) atoms.